The Morgan fingerprint density at radius 1 is 1.14 bits per heavy atom. The van der Waals surface area contributed by atoms with Gasteiger partial charge in [-0.15, -0.1) is 0 Å². The predicted molar refractivity (Wildman–Crippen MR) is 85.2 cm³/mol. The fourth-order valence-electron chi connectivity index (χ4n) is 3.05. The Bertz CT molecular complexity index is 580. The van der Waals surface area contributed by atoms with Crippen molar-refractivity contribution < 1.29 is 0 Å². The smallest absolute Gasteiger partial charge is 0.145 e. The third-order valence-corrected chi connectivity index (χ3v) is 4.14. The molecule has 1 aromatic carbocycles. The lowest BCUT2D eigenvalue weighted by atomic mass is 10.0. The van der Waals surface area contributed by atoms with Crippen molar-refractivity contribution in [2.75, 3.05) is 6.54 Å². The third kappa shape index (κ3) is 3.48. The first kappa shape index (κ1) is 14.2. The van der Waals surface area contributed by atoms with E-state index >= 15 is 0 Å². The van der Waals surface area contributed by atoms with E-state index in [1.54, 1.807) is 0 Å². The van der Waals surface area contributed by atoms with E-state index in [1.807, 2.05) is 18.5 Å². The molecular formula is C18H23N3. The van der Waals surface area contributed by atoms with Crippen molar-refractivity contribution in [2.45, 2.75) is 45.1 Å². The predicted octanol–water partition coefficient (Wildman–Crippen LogP) is 3.25. The second kappa shape index (κ2) is 6.81. The Balaban J connectivity index is 1.77. The molecule has 0 saturated carbocycles. The molecule has 3 heteroatoms. The lowest BCUT2D eigenvalue weighted by Crippen LogP contribution is -2.25. The maximum atomic E-state index is 4.43. The van der Waals surface area contributed by atoms with E-state index in [0.717, 1.165) is 25.2 Å². The molecule has 0 amide bonds. The van der Waals surface area contributed by atoms with Gasteiger partial charge in [0.1, 0.15) is 5.82 Å². The lowest BCUT2D eigenvalue weighted by molar-refractivity contribution is 0.504. The summed E-state index contributed by atoms with van der Waals surface area (Å²) in [6.45, 7) is 3.18. The van der Waals surface area contributed by atoms with Crippen molar-refractivity contribution in [1.82, 2.24) is 15.3 Å². The Morgan fingerprint density at radius 2 is 1.95 bits per heavy atom. The molecule has 1 aliphatic carbocycles. The first-order valence-electron chi connectivity index (χ1n) is 7.98. The maximum Gasteiger partial charge on any atom is 0.145 e. The van der Waals surface area contributed by atoms with Gasteiger partial charge in [0.15, 0.2) is 0 Å². The molecule has 1 N–H and O–H groups in total. The minimum atomic E-state index is 0.200. The van der Waals surface area contributed by atoms with Gasteiger partial charge >= 0.3 is 0 Å². The topological polar surface area (TPSA) is 37.8 Å². The van der Waals surface area contributed by atoms with Crippen LogP contribution in [0.1, 0.15) is 48.3 Å². The molecule has 0 spiro atoms. The van der Waals surface area contributed by atoms with Crippen molar-refractivity contribution in [3.63, 3.8) is 0 Å². The van der Waals surface area contributed by atoms with E-state index in [2.05, 4.69) is 40.4 Å². The van der Waals surface area contributed by atoms with Gasteiger partial charge in [-0.3, -0.25) is 0 Å². The van der Waals surface area contributed by atoms with E-state index in [1.165, 1.54) is 36.0 Å². The molecule has 1 aliphatic rings. The standard InChI is InChI=1S/C18H23N3/c1-2-9-19-17(18-20-10-4-11-21-18)13-14-7-8-15-5-3-6-16(15)12-14/h4,7-8,10-12,17,19H,2-3,5-6,9,13H2,1H3. The van der Waals surface area contributed by atoms with E-state index in [4.69, 9.17) is 0 Å². The molecule has 0 saturated heterocycles. The van der Waals surface area contributed by atoms with Crippen LogP contribution in [0, 0.1) is 0 Å². The largest absolute Gasteiger partial charge is 0.307 e. The van der Waals surface area contributed by atoms with Gasteiger partial charge in [-0.1, -0.05) is 25.1 Å². The number of hydrogen-bond donors (Lipinski definition) is 1. The highest BCUT2D eigenvalue weighted by Gasteiger charge is 2.16. The Morgan fingerprint density at radius 3 is 2.76 bits per heavy atom. The molecular weight excluding hydrogens is 258 g/mol. The summed E-state index contributed by atoms with van der Waals surface area (Å²) in [5.41, 5.74) is 4.46. The van der Waals surface area contributed by atoms with E-state index in [9.17, 15) is 0 Å². The Kier molecular flexibility index (Phi) is 4.61. The zero-order valence-electron chi connectivity index (χ0n) is 12.7. The van der Waals surface area contributed by atoms with E-state index in [-0.39, 0.29) is 6.04 Å². The van der Waals surface area contributed by atoms with Crippen LogP contribution in [0.5, 0.6) is 0 Å². The SMILES string of the molecule is CCCNC(Cc1ccc2c(c1)CCC2)c1ncccn1. The summed E-state index contributed by atoms with van der Waals surface area (Å²) < 4.78 is 0. The quantitative estimate of drug-likeness (QED) is 0.883. The zero-order chi connectivity index (χ0) is 14.5. The van der Waals surface area contributed by atoms with Gasteiger partial charge in [-0.2, -0.15) is 0 Å². The number of fused-ring (bicyclic) bond motifs is 1. The van der Waals surface area contributed by atoms with Crippen molar-refractivity contribution in [3.8, 4) is 0 Å². The first-order valence-corrected chi connectivity index (χ1v) is 7.98. The van der Waals surface area contributed by atoms with Crippen LogP contribution in [0.4, 0.5) is 0 Å². The van der Waals surface area contributed by atoms with Gasteiger partial charge in [-0.05, 0) is 61.4 Å². The zero-order valence-corrected chi connectivity index (χ0v) is 12.7. The molecule has 21 heavy (non-hydrogen) atoms. The average Bonchev–Trinajstić information content (AvgIpc) is 3.00. The summed E-state index contributed by atoms with van der Waals surface area (Å²) in [7, 11) is 0. The van der Waals surface area contributed by atoms with Crippen LogP contribution in [-0.4, -0.2) is 16.5 Å². The third-order valence-electron chi connectivity index (χ3n) is 4.14. The average molecular weight is 281 g/mol. The minimum Gasteiger partial charge on any atom is -0.307 e. The van der Waals surface area contributed by atoms with Crippen molar-refractivity contribution in [2.24, 2.45) is 0 Å². The molecule has 3 nitrogen and oxygen atoms in total. The normalized spacial score (nSPS) is 14.9. The van der Waals surface area contributed by atoms with E-state index in [0.29, 0.717) is 0 Å². The molecule has 1 unspecified atom stereocenters. The molecule has 0 fully saturated rings. The summed E-state index contributed by atoms with van der Waals surface area (Å²) in [5.74, 6) is 0.895. The highest BCUT2D eigenvalue weighted by Crippen LogP contribution is 2.24. The number of hydrogen-bond acceptors (Lipinski definition) is 3. The van der Waals surface area contributed by atoms with Crippen LogP contribution >= 0.6 is 0 Å². The second-order valence-corrected chi connectivity index (χ2v) is 5.77. The van der Waals surface area contributed by atoms with Gasteiger partial charge < -0.3 is 5.32 Å². The van der Waals surface area contributed by atoms with E-state index < -0.39 is 0 Å². The van der Waals surface area contributed by atoms with Crippen LogP contribution < -0.4 is 5.32 Å². The van der Waals surface area contributed by atoms with Gasteiger partial charge in [0.05, 0.1) is 6.04 Å². The second-order valence-electron chi connectivity index (χ2n) is 5.77. The van der Waals surface area contributed by atoms with Crippen LogP contribution in [0.2, 0.25) is 0 Å². The van der Waals surface area contributed by atoms with Crippen LogP contribution in [0.3, 0.4) is 0 Å². The fraction of sp³-hybridized carbons (Fsp3) is 0.444. The number of nitrogens with one attached hydrogen (secondary N) is 1. The Labute approximate surface area is 126 Å². The number of aromatic nitrogens is 2. The first-order chi connectivity index (χ1) is 10.4. The Hall–Kier alpha value is -1.74. The molecule has 0 aliphatic heterocycles. The van der Waals surface area contributed by atoms with Gasteiger partial charge in [0.2, 0.25) is 0 Å². The summed E-state index contributed by atoms with van der Waals surface area (Å²) in [4.78, 5) is 8.85. The monoisotopic (exact) mass is 281 g/mol. The number of aryl methyl sites for hydroxylation is 2. The highest BCUT2D eigenvalue weighted by molar-refractivity contribution is 5.35. The van der Waals surface area contributed by atoms with Crippen molar-refractivity contribution in [3.05, 3.63) is 59.2 Å². The molecule has 1 atom stereocenters. The number of rotatable bonds is 6. The summed E-state index contributed by atoms with van der Waals surface area (Å²) in [6, 6.07) is 9.03. The van der Waals surface area contributed by atoms with Crippen molar-refractivity contribution >= 4 is 0 Å². The molecule has 110 valence electrons. The van der Waals surface area contributed by atoms with Gasteiger partial charge in [0.25, 0.3) is 0 Å². The highest BCUT2D eigenvalue weighted by atomic mass is 15.0. The van der Waals surface area contributed by atoms with Gasteiger partial charge in [0, 0.05) is 12.4 Å². The number of nitrogens with zero attached hydrogens (tertiary/aromatic N) is 2. The molecule has 0 bridgehead atoms. The van der Waals surface area contributed by atoms with Crippen LogP contribution in [0.25, 0.3) is 0 Å². The summed E-state index contributed by atoms with van der Waals surface area (Å²) in [6.07, 6.45) is 9.51. The van der Waals surface area contributed by atoms with Gasteiger partial charge in [-0.25, -0.2) is 9.97 Å². The summed E-state index contributed by atoms with van der Waals surface area (Å²) in [5, 5.41) is 3.58. The molecule has 1 aromatic heterocycles. The summed E-state index contributed by atoms with van der Waals surface area (Å²) >= 11 is 0. The molecule has 0 radical (unpaired) electrons. The maximum absolute atomic E-state index is 4.43. The fourth-order valence-corrected chi connectivity index (χ4v) is 3.05. The molecule has 3 rings (SSSR count). The molecule has 1 heterocycles. The van der Waals surface area contributed by atoms with Crippen molar-refractivity contribution in [1.29, 1.82) is 0 Å². The van der Waals surface area contributed by atoms with Crippen LogP contribution in [-0.2, 0) is 19.3 Å². The van der Waals surface area contributed by atoms with Crippen LogP contribution in [0.15, 0.2) is 36.7 Å². The molecule has 2 aromatic rings. The number of benzene rings is 1. The minimum absolute atomic E-state index is 0.200. The lowest BCUT2D eigenvalue weighted by Gasteiger charge is -2.17.